The Hall–Kier alpha value is -5.59. The average Bonchev–Trinajstić information content (AvgIpc) is 0.811. The molecule has 1 unspecified atom stereocenters. The predicted molar refractivity (Wildman–Crippen MR) is 427 cm³/mol. The Morgan fingerprint density at radius 3 is 1.57 bits per heavy atom. The molecule has 0 aliphatic heterocycles. The van der Waals surface area contributed by atoms with Gasteiger partial charge in [-0.05, 0) is 267 Å². The van der Waals surface area contributed by atoms with E-state index in [1.807, 2.05) is 164 Å². The van der Waals surface area contributed by atoms with Gasteiger partial charge in [0.15, 0.2) is 23.1 Å². The molecule has 0 radical (unpaired) electrons. The molecule has 0 aromatic heterocycles. The quantitative estimate of drug-likeness (QED) is 0.0350. The summed E-state index contributed by atoms with van der Waals surface area (Å²) < 4.78 is 8.89. The molecule has 98 heavy (non-hydrogen) atoms. The minimum atomic E-state index is -0.538. The van der Waals surface area contributed by atoms with E-state index in [9.17, 15) is 50.0 Å². The van der Waals surface area contributed by atoms with Crippen molar-refractivity contribution < 1.29 is 49.4 Å². The van der Waals surface area contributed by atoms with E-state index in [0.29, 0.717) is 66.0 Å². The molecule has 0 fully saturated rings. The molecule has 11 nitrogen and oxygen atoms in total. The zero-order valence-corrected chi connectivity index (χ0v) is 66.9. The summed E-state index contributed by atoms with van der Waals surface area (Å²) in [5.74, 6) is -0.876. The van der Waals surface area contributed by atoms with E-state index in [4.69, 9.17) is 97.5 Å². The summed E-state index contributed by atoms with van der Waals surface area (Å²) in [6.07, 6.45) is 0.190. The SMILES string of the molecule is Cc1cc(Cl)cc(CC(=O)c2c(O)c(Cl)cc(Cl)c2Cl)c1O.Cc1ccc(C(C#N)c2cc(C)c(CC(=O)c3cc(I)cc(I)c3O)cc2Cl)cc1.Cc1ccc(CC(=O)c2cc(Cl)ccc2O)c(Cl)c1.Cc1ccc(Oc2ccc(CC(=O)c3cc(I)cc(I)c3O)cc2Cl)cc1. The normalized spacial score (nSPS) is 11.0. The zero-order valence-electron chi connectivity index (χ0n) is 52.2. The lowest BCUT2D eigenvalue weighted by atomic mass is 9.89. The van der Waals surface area contributed by atoms with Crippen molar-refractivity contribution in [2.45, 2.75) is 66.2 Å². The molecule has 0 amide bonds. The largest absolute Gasteiger partial charge is 0.507 e. The van der Waals surface area contributed by atoms with Gasteiger partial charge >= 0.3 is 0 Å². The van der Waals surface area contributed by atoms with Crippen molar-refractivity contribution in [2.75, 3.05) is 0 Å². The maximum atomic E-state index is 12.9. The Morgan fingerprint density at radius 2 is 0.990 bits per heavy atom. The predicted octanol–water partition coefficient (Wildman–Crippen LogP) is 23.6. The van der Waals surface area contributed by atoms with Gasteiger partial charge in [0, 0.05) is 58.5 Å². The van der Waals surface area contributed by atoms with Crippen LogP contribution in [-0.4, -0.2) is 48.7 Å². The Kier molecular flexibility index (Phi) is 29.6. The lowest BCUT2D eigenvalue weighted by Crippen LogP contribution is -2.08. The number of rotatable bonds is 16. The summed E-state index contributed by atoms with van der Waals surface area (Å²) in [6.45, 7) is 9.51. The number of hydrogen-bond acceptors (Lipinski definition) is 11. The summed E-state index contributed by atoms with van der Waals surface area (Å²) in [5, 5.41) is 62.0. The van der Waals surface area contributed by atoms with E-state index in [1.165, 1.54) is 30.3 Å². The molecule has 0 saturated heterocycles. The first-order valence-electron chi connectivity index (χ1n) is 29.1. The van der Waals surface area contributed by atoms with E-state index in [0.717, 1.165) is 57.2 Å². The number of carbonyl (C=O) groups excluding carboxylic acids is 4. The van der Waals surface area contributed by atoms with Crippen LogP contribution in [0.25, 0.3) is 0 Å². The van der Waals surface area contributed by atoms with Gasteiger partial charge < -0.3 is 30.3 Å². The molecule has 23 heteroatoms. The van der Waals surface area contributed by atoms with Gasteiger partial charge in [-0.1, -0.05) is 165 Å². The van der Waals surface area contributed by atoms with Crippen molar-refractivity contribution in [1.82, 2.24) is 0 Å². The minimum absolute atomic E-state index is 0.00491. The molecule has 0 spiro atoms. The molecule has 0 heterocycles. The van der Waals surface area contributed by atoms with E-state index in [1.54, 1.807) is 43.3 Å². The maximum absolute atomic E-state index is 12.9. The van der Waals surface area contributed by atoms with Crippen molar-refractivity contribution in [1.29, 1.82) is 5.26 Å². The second-order valence-corrected chi connectivity index (χ2v) is 30.4. The number of phenols is 5. The molecule has 504 valence electrons. The third-order valence-corrected chi connectivity index (χ3v) is 20.3. The number of ether oxygens (including phenoxy) is 1. The summed E-state index contributed by atoms with van der Waals surface area (Å²) in [4.78, 5) is 50.1. The van der Waals surface area contributed by atoms with Gasteiger partial charge in [-0.2, -0.15) is 5.26 Å². The molecule has 1 atom stereocenters. The summed E-state index contributed by atoms with van der Waals surface area (Å²) in [5.41, 5.74) is 9.58. The number of halogens is 12. The van der Waals surface area contributed by atoms with Crippen LogP contribution in [0.5, 0.6) is 40.2 Å². The highest BCUT2D eigenvalue weighted by atomic mass is 127. The minimum Gasteiger partial charge on any atom is -0.507 e. The fraction of sp³-hybridized carbons (Fsp3) is 0.133. The topological polar surface area (TPSA) is 202 Å². The summed E-state index contributed by atoms with van der Waals surface area (Å²) in [7, 11) is 0. The van der Waals surface area contributed by atoms with Crippen molar-refractivity contribution in [3.8, 4) is 46.3 Å². The lowest BCUT2D eigenvalue weighted by molar-refractivity contribution is 0.0981. The molecular formula is C75H55Cl8I4NO10. The van der Waals surface area contributed by atoms with Crippen molar-refractivity contribution in [3.05, 3.63) is 296 Å². The lowest BCUT2D eigenvalue weighted by Gasteiger charge is -2.16. The summed E-state index contributed by atoms with van der Waals surface area (Å²) in [6, 6.07) is 48.0. The van der Waals surface area contributed by atoms with Crippen LogP contribution in [-0.2, 0) is 25.7 Å². The fourth-order valence-electron chi connectivity index (χ4n) is 9.65. The van der Waals surface area contributed by atoms with Gasteiger partial charge in [0.05, 0.1) is 61.5 Å². The highest BCUT2D eigenvalue weighted by Crippen LogP contribution is 2.41. The number of Topliss-reactive ketones (excluding diaryl/α,β-unsaturated/α-hetero) is 4. The second kappa shape index (κ2) is 36.3. The first-order chi connectivity index (χ1) is 46.2. The van der Waals surface area contributed by atoms with Gasteiger partial charge in [-0.15, -0.1) is 0 Å². The maximum Gasteiger partial charge on any atom is 0.172 e. The van der Waals surface area contributed by atoms with Crippen molar-refractivity contribution in [3.63, 3.8) is 0 Å². The number of phenolic OH excluding ortho intramolecular Hbond substituents is 5. The van der Waals surface area contributed by atoms with Crippen LogP contribution in [0, 0.1) is 60.2 Å². The van der Waals surface area contributed by atoms with E-state index < -0.39 is 17.5 Å². The molecule has 0 aliphatic rings. The molecular weight excluding hydrogens is 1870 g/mol. The van der Waals surface area contributed by atoms with Crippen LogP contribution in [0.3, 0.4) is 0 Å². The highest BCUT2D eigenvalue weighted by Gasteiger charge is 2.25. The van der Waals surface area contributed by atoms with Gasteiger partial charge in [-0.3, -0.25) is 19.2 Å². The Labute approximate surface area is 661 Å². The van der Waals surface area contributed by atoms with Crippen LogP contribution in [0.4, 0.5) is 0 Å². The monoisotopic (exact) mass is 1920 g/mol. The summed E-state index contributed by atoms with van der Waals surface area (Å²) >= 11 is 56.7. The van der Waals surface area contributed by atoms with Crippen molar-refractivity contribution in [2.24, 2.45) is 0 Å². The van der Waals surface area contributed by atoms with Crippen LogP contribution in [0.2, 0.25) is 40.2 Å². The van der Waals surface area contributed by atoms with Gasteiger partial charge in [-0.25, -0.2) is 0 Å². The van der Waals surface area contributed by atoms with Gasteiger partial charge in [0.1, 0.15) is 40.2 Å². The Morgan fingerprint density at radius 1 is 0.439 bits per heavy atom. The number of carbonyl (C=O) groups is 4. The molecule has 10 aromatic rings. The number of benzene rings is 10. The fourth-order valence-corrected chi connectivity index (χ4v) is 15.4. The zero-order chi connectivity index (χ0) is 72.1. The smallest absolute Gasteiger partial charge is 0.172 e. The first kappa shape index (κ1) is 79.7. The number of nitriles is 1. The number of aromatic hydroxyl groups is 5. The van der Waals surface area contributed by atoms with Gasteiger partial charge in [0.2, 0.25) is 0 Å². The molecule has 10 rings (SSSR count). The third-order valence-electron chi connectivity index (χ3n) is 14.9. The molecule has 5 N–H and O–H groups in total. The van der Waals surface area contributed by atoms with Crippen LogP contribution < -0.4 is 4.74 Å². The molecule has 0 bridgehead atoms. The van der Waals surface area contributed by atoms with E-state index in [2.05, 4.69) is 51.3 Å². The number of aryl methyl sites for hydroxylation is 5. The van der Waals surface area contributed by atoms with Crippen LogP contribution >= 0.6 is 183 Å². The van der Waals surface area contributed by atoms with Crippen molar-refractivity contribution >= 4 is 206 Å². The third kappa shape index (κ3) is 21.5. The Bertz CT molecular complexity index is 4730. The molecule has 0 saturated carbocycles. The van der Waals surface area contributed by atoms with E-state index >= 15 is 0 Å². The van der Waals surface area contributed by atoms with E-state index in [-0.39, 0.29) is 92.2 Å². The Balaban J connectivity index is 0.000000187. The molecule has 10 aromatic carbocycles. The number of hydrogen-bond donors (Lipinski definition) is 5. The number of ketones is 4. The standard InChI is InChI=1S/C24H18ClI2NO2.C21H15ClI2O3.C15H10Cl4O3.C15H12Cl2O2/c1-13-3-5-15(6-4-13)20(12-28)18-7-14(2)16(8-21(18)25)9-23(29)19-10-17(26)11-22(27)24(19)30;1-12-2-5-15(6-3-12)27-20-7-4-13(8-17(20)22)9-19(25)16-10-14(23)11-18(24)21(16)26;1-6-2-8(16)3-7(14(6)21)4-11(20)12-13(19)9(17)5-10(18)15(12)22;1-9-2-3-10(13(17)6-9)7-15(19)12-8-11(16)4-5-14(12)18/h3-8,10-11,20,30H,9H2,1-2H3;2-8,10-11,26H,9H2,1H3;2-3,5,21-22H,4H2,1H3;2-6,8,18H,7H2,1H3. The average molecular weight is 1920 g/mol. The molecule has 0 aliphatic carbocycles. The second-order valence-electron chi connectivity index (χ2n) is 22.3. The van der Waals surface area contributed by atoms with Crippen LogP contribution in [0.15, 0.2) is 158 Å². The van der Waals surface area contributed by atoms with Gasteiger partial charge in [0.25, 0.3) is 0 Å². The highest BCUT2D eigenvalue weighted by molar-refractivity contribution is 14.1. The number of nitrogens with zero attached hydrogens (tertiary/aromatic N) is 1. The van der Waals surface area contributed by atoms with Crippen LogP contribution in [0.1, 0.15) is 109 Å². The first-order valence-corrected chi connectivity index (χ1v) is 36.4.